The van der Waals surface area contributed by atoms with Crippen LogP contribution in [0.15, 0.2) is 49.2 Å². The van der Waals surface area contributed by atoms with Crippen molar-refractivity contribution in [3.63, 3.8) is 0 Å². The first-order valence-corrected chi connectivity index (χ1v) is 23.9. The Bertz CT molecular complexity index is 2250. The van der Waals surface area contributed by atoms with Gasteiger partial charge in [-0.15, -0.1) is 0 Å². The maximum Gasteiger partial charge on any atom is 0.410 e. The highest BCUT2D eigenvalue weighted by Gasteiger charge is 2.37. The second kappa shape index (κ2) is 16.2. The van der Waals surface area contributed by atoms with Crippen LogP contribution in [0, 0.1) is 0 Å². The Hall–Kier alpha value is -5.22. The number of hydrogen-bond donors (Lipinski definition) is 1. The second-order valence-electron chi connectivity index (χ2n) is 18.4. The number of carbonyl (C=O) groups excluding carboxylic acids is 2. The van der Waals surface area contributed by atoms with E-state index < -0.39 is 19.3 Å². The molecule has 0 unspecified atom stereocenters. The number of aromatic nitrogens is 8. The molecular formula is C42H56N10O5Si. The molecular weight excluding hydrogens is 753 g/mol. The minimum atomic E-state index is -1.30. The highest BCUT2D eigenvalue weighted by molar-refractivity contribution is 6.76. The summed E-state index contributed by atoms with van der Waals surface area (Å²) in [5.41, 5.74) is 3.98. The first kappa shape index (κ1) is 41.0. The molecule has 7 rings (SSSR count). The summed E-state index contributed by atoms with van der Waals surface area (Å²) in [6.45, 7) is 20.5. The van der Waals surface area contributed by atoms with Crippen molar-refractivity contribution in [3.8, 4) is 34.0 Å². The monoisotopic (exact) mass is 808 g/mol. The van der Waals surface area contributed by atoms with Gasteiger partial charge in [0, 0.05) is 57.5 Å². The van der Waals surface area contributed by atoms with Crippen molar-refractivity contribution in [1.29, 1.82) is 0 Å². The van der Waals surface area contributed by atoms with Gasteiger partial charge in [-0.3, -0.25) is 14.8 Å². The van der Waals surface area contributed by atoms with Crippen molar-refractivity contribution in [2.75, 3.05) is 19.7 Å². The van der Waals surface area contributed by atoms with Crippen LogP contribution < -0.4 is 0 Å². The lowest BCUT2D eigenvalue weighted by Gasteiger charge is -2.29. The Labute approximate surface area is 341 Å². The summed E-state index contributed by atoms with van der Waals surface area (Å²) in [5, 5.41) is 0. The number of likely N-dealkylation sites (tertiary alicyclic amines) is 2. The number of fused-ring (bicyclic) bond motifs is 1. The van der Waals surface area contributed by atoms with Crippen LogP contribution in [-0.2, 0) is 20.9 Å². The molecule has 6 heterocycles. The summed E-state index contributed by atoms with van der Waals surface area (Å²) >= 11 is 0. The predicted molar refractivity (Wildman–Crippen MR) is 223 cm³/mol. The zero-order valence-corrected chi connectivity index (χ0v) is 36.2. The van der Waals surface area contributed by atoms with Gasteiger partial charge >= 0.3 is 12.2 Å². The van der Waals surface area contributed by atoms with E-state index in [9.17, 15) is 9.59 Å². The number of nitrogens with zero attached hydrogens (tertiary/aromatic N) is 9. The summed E-state index contributed by atoms with van der Waals surface area (Å²) in [6, 6.07) is 6.58. The number of amides is 2. The van der Waals surface area contributed by atoms with Gasteiger partial charge in [-0.25, -0.2) is 34.5 Å². The smallest absolute Gasteiger partial charge is 0.410 e. The van der Waals surface area contributed by atoms with Crippen molar-refractivity contribution in [1.82, 2.24) is 49.3 Å². The molecule has 2 fully saturated rings. The Balaban J connectivity index is 1.10. The highest BCUT2D eigenvalue weighted by Crippen LogP contribution is 2.36. The quantitative estimate of drug-likeness (QED) is 0.106. The number of hydrogen-bond acceptors (Lipinski definition) is 11. The van der Waals surface area contributed by atoms with Crippen molar-refractivity contribution in [3.05, 3.63) is 60.8 Å². The zero-order valence-electron chi connectivity index (χ0n) is 35.2. The fourth-order valence-electron chi connectivity index (χ4n) is 7.25. The molecule has 5 aromatic rings. The van der Waals surface area contributed by atoms with E-state index in [-0.39, 0.29) is 24.3 Å². The highest BCUT2D eigenvalue weighted by atomic mass is 28.3. The molecule has 0 aliphatic carbocycles. The van der Waals surface area contributed by atoms with E-state index in [4.69, 9.17) is 34.1 Å². The molecule has 2 aliphatic rings. The molecule has 0 radical (unpaired) electrons. The maximum absolute atomic E-state index is 13.3. The molecule has 0 saturated carbocycles. The van der Waals surface area contributed by atoms with Gasteiger partial charge in [0.15, 0.2) is 5.82 Å². The van der Waals surface area contributed by atoms with Gasteiger partial charge < -0.3 is 23.8 Å². The molecule has 1 N–H and O–H groups in total. The lowest BCUT2D eigenvalue weighted by Crippen LogP contribution is -2.37. The average Bonchev–Trinajstić information content (AvgIpc) is 3.98. The van der Waals surface area contributed by atoms with Gasteiger partial charge in [-0.05, 0) is 85.4 Å². The summed E-state index contributed by atoms with van der Waals surface area (Å²) < 4.78 is 19.8. The maximum atomic E-state index is 13.3. The molecule has 16 heteroatoms. The SMILES string of the molecule is CC(C)(C)OC(=O)N1CCC[C@H]1c1nc(-c2cnc(-c3cnc4cc(-c5cnc([C@@H]6CCCN6C(=O)OC(C)(C)C)n5COCC[Si](C)(C)C)ccc4n3)nc2)c[nH]1. The molecule has 1 aromatic carbocycles. The molecule has 0 spiro atoms. The molecule has 15 nitrogen and oxygen atoms in total. The van der Waals surface area contributed by atoms with Gasteiger partial charge in [0.05, 0.1) is 46.9 Å². The summed E-state index contributed by atoms with van der Waals surface area (Å²) in [5.74, 6) is 1.92. The molecule has 2 atom stereocenters. The van der Waals surface area contributed by atoms with E-state index in [0.717, 1.165) is 54.4 Å². The Morgan fingerprint density at radius 2 is 1.43 bits per heavy atom. The predicted octanol–water partition coefficient (Wildman–Crippen LogP) is 8.80. The zero-order chi connectivity index (χ0) is 41.4. The molecule has 4 aromatic heterocycles. The number of nitrogens with one attached hydrogen (secondary N) is 1. The van der Waals surface area contributed by atoms with Gasteiger partial charge in [-0.1, -0.05) is 25.7 Å². The fraction of sp³-hybridized carbons (Fsp3) is 0.524. The third kappa shape index (κ3) is 9.55. The van der Waals surface area contributed by atoms with Crippen molar-refractivity contribution in [2.24, 2.45) is 0 Å². The third-order valence-corrected chi connectivity index (χ3v) is 11.8. The Kier molecular flexibility index (Phi) is 11.4. The number of H-pyrrole nitrogens is 1. The van der Waals surface area contributed by atoms with Crippen LogP contribution in [0.2, 0.25) is 25.7 Å². The van der Waals surface area contributed by atoms with Crippen LogP contribution in [0.3, 0.4) is 0 Å². The van der Waals surface area contributed by atoms with Crippen LogP contribution in [0.5, 0.6) is 0 Å². The largest absolute Gasteiger partial charge is 0.444 e. The molecule has 2 saturated heterocycles. The third-order valence-electron chi connectivity index (χ3n) is 10.1. The van der Waals surface area contributed by atoms with E-state index in [1.54, 1.807) is 28.4 Å². The minimum absolute atomic E-state index is 0.185. The van der Waals surface area contributed by atoms with Gasteiger partial charge in [0.25, 0.3) is 0 Å². The van der Waals surface area contributed by atoms with Crippen LogP contribution in [0.4, 0.5) is 9.59 Å². The Morgan fingerprint density at radius 1 is 0.776 bits per heavy atom. The van der Waals surface area contributed by atoms with Crippen LogP contribution in [0.1, 0.15) is 91.0 Å². The number of aromatic amines is 1. The molecule has 2 aliphatic heterocycles. The van der Waals surface area contributed by atoms with Gasteiger partial charge in [-0.2, -0.15) is 0 Å². The van der Waals surface area contributed by atoms with E-state index in [0.29, 0.717) is 60.5 Å². The van der Waals surface area contributed by atoms with Gasteiger partial charge in [0.1, 0.15) is 35.3 Å². The molecule has 58 heavy (non-hydrogen) atoms. The summed E-state index contributed by atoms with van der Waals surface area (Å²) in [6.07, 6.45) is 11.5. The van der Waals surface area contributed by atoms with E-state index in [1.807, 2.05) is 72.1 Å². The van der Waals surface area contributed by atoms with Crippen LogP contribution in [-0.4, -0.2) is 100 Å². The van der Waals surface area contributed by atoms with Crippen molar-refractivity contribution >= 4 is 31.3 Å². The summed E-state index contributed by atoms with van der Waals surface area (Å²) in [7, 11) is -1.30. The molecule has 2 amide bonds. The van der Waals surface area contributed by atoms with E-state index >= 15 is 0 Å². The standard InChI is InChI=1S/C42H56N10O5Si/c1-41(2,3)56-39(53)50-16-10-12-33(50)37-46-23-31(49-37)28-21-44-36(45-22-28)32-24-43-30-20-27(14-15-29(30)48-32)35-25-47-38(52(35)26-55-18-19-58(7,8)9)34-13-11-17-51(34)40(54)57-42(4,5)6/h14-15,20-25,33-34H,10-13,16-19,26H2,1-9H3,(H,46,49)/t33-,34-/m0/s1. The minimum Gasteiger partial charge on any atom is -0.444 e. The van der Waals surface area contributed by atoms with Crippen molar-refractivity contribution in [2.45, 2.75) is 123 Å². The number of ether oxygens (including phenoxy) is 3. The normalized spacial score (nSPS) is 17.7. The van der Waals surface area contributed by atoms with Crippen molar-refractivity contribution < 1.29 is 23.8 Å². The first-order valence-electron chi connectivity index (χ1n) is 20.2. The lowest BCUT2D eigenvalue weighted by molar-refractivity contribution is 0.0199. The first-order chi connectivity index (χ1) is 27.4. The second-order valence-corrected chi connectivity index (χ2v) is 24.0. The average molecular weight is 809 g/mol. The summed E-state index contributed by atoms with van der Waals surface area (Å²) in [4.78, 5) is 61.5. The Morgan fingerprint density at radius 3 is 2.09 bits per heavy atom. The fourth-order valence-corrected chi connectivity index (χ4v) is 8.00. The topological polar surface area (TPSA) is 166 Å². The molecule has 0 bridgehead atoms. The van der Waals surface area contributed by atoms with E-state index in [1.165, 1.54) is 0 Å². The van der Waals surface area contributed by atoms with E-state index in [2.05, 4.69) is 39.2 Å². The number of carbonyl (C=O) groups is 2. The van der Waals surface area contributed by atoms with Gasteiger partial charge in [0.2, 0.25) is 0 Å². The number of benzene rings is 1. The molecule has 308 valence electrons. The number of rotatable bonds is 10. The van der Waals surface area contributed by atoms with Crippen LogP contribution in [0.25, 0.3) is 45.1 Å². The number of imidazole rings is 2. The lowest BCUT2D eigenvalue weighted by atomic mass is 10.1. The van der Waals surface area contributed by atoms with Crippen LogP contribution >= 0.6 is 0 Å².